The first-order valence-corrected chi connectivity index (χ1v) is 17.5. The maximum atomic E-state index is 2.55. The van der Waals surface area contributed by atoms with E-state index >= 15 is 0 Å². The van der Waals surface area contributed by atoms with Crippen LogP contribution in [0.4, 0.5) is 0 Å². The smallest absolute Gasteiger partial charge is 0.0810 e. The maximum absolute atomic E-state index is 2.55. The van der Waals surface area contributed by atoms with Crippen molar-refractivity contribution >= 4 is 93.0 Å². The molecule has 36 valence electrons. The first-order chi connectivity index (χ1) is 2.64. The van der Waals surface area contributed by atoms with Gasteiger partial charge in [0, 0.05) is 0 Å². The average molecular weight is 564 g/mol. The fourth-order valence-electron chi connectivity index (χ4n) is 0. The normalized spacial score (nSPS) is 8.00. The largest absolute Gasteiger partial charge is 0.162 e. The summed E-state index contributed by atoms with van der Waals surface area (Å²) in [6.07, 6.45) is 0. The molecule has 0 aromatic heterocycles. The lowest BCUT2D eigenvalue weighted by atomic mass is 27.4. The van der Waals surface area contributed by atoms with Crippen molar-refractivity contribution in [2.45, 2.75) is 0 Å². The molecule has 0 aromatic carbocycles. The zero-order chi connectivity index (χ0) is 5.15. The Morgan fingerprint density at radius 2 is 0.833 bits per heavy atom. The van der Waals surface area contributed by atoms with Gasteiger partial charge in [-0.1, -0.05) is 87.2 Å². The minimum Gasteiger partial charge on any atom is -0.0810 e. The van der Waals surface area contributed by atoms with Crippen LogP contribution >= 0.6 is 87.2 Å². The average Bonchev–Trinajstić information content (AvgIpc) is 1.36. The van der Waals surface area contributed by atoms with Gasteiger partial charge in [-0.3, -0.25) is 0 Å². The molecule has 0 bridgehead atoms. The third-order valence-corrected chi connectivity index (χ3v) is 57.9. The van der Waals surface area contributed by atoms with Crippen LogP contribution in [-0.4, -0.2) is 5.77 Å². The zero-order valence-electron chi connectivity index (χ0n) is 2.51. The van der Waals surface area contributed by atoms with Crippen molar-refractivity contribution < 1.29 is 0 Å². The Morgan fingerprint density at radius 3 is 0.833 bits per heavy atom. The highest BCUT2D eigenvalue weighted by Gasteiger charge is 1.89. The Hall–Kier alpha value is 3.35. The Balaban J connectivity index is 3.68. The lowest BCUT2D eigenvalue weighted by molar-refractivity contribution is 4.83. The molecule has 0 aliphatic carbocycles. The molecule has 0 spiro atoms. The maximum Gasteiger partial charge on any atom is 0.162 e. The van der Waals surface area contributed by atoms with Gasteiger partial charge in [0.15, 0.2) is 5.77 Å². The second-order valence-electron chi connectivity index (χ2n) is 0.521. The van der Waals surface area contributed by atoms with Crippen molar-refractivity contribution in [1.29, 1.82) is 0 Å². The summed E-state index contributed by atoms with van der Waals surface area (Å²) in [5, 5.41) is 0. The third kappa shape index (κ3) is 5.49. The molecule has 0 N–H and O–H groups in total. The van der Waals surface area contributed by atoms with E-state index in [0.717, 1.165) is 0 Å². The lowest BCUT2D eigenvalue weighted by Crippen LogP contribution is -1.82. The van der Waals surface area contributed by atoms with Gasteiger partial charge in [-0.25, -0.2) is 0 Å². The number of hydrogen-bond acceptors (Lipinski definition) is 0. The van der Waals surface area contributed by atoms with E-state index in [1.54, 1.807) is 0 Å². The van der Waals surface area contributed by atoms with E-state index in [2.05, 4.69) is 87.2 Å². The predicted molar refractivity (Wildman–Crippen MR) is 67.6 cm³/mol. The SMILES string of the molecule is I[Si](I)=[Si](I)I. The minimum atomic E-state index is 0.0635. The molecular formula is I4Si2. The summed E-state index contributed by atoms with van der Waals surface area (Å²) in [6.45, 7) is 0. The summed E-state index contributed by atoms with van der Waals surface area (Å²) in [5.74, 6) is 0. The second-order valence-corrected chi connectivity index (χ2v) is 42.1. The molecular weight excluding hydrogens is 564 g/mol. The highest BCUT2D eigenvalue weighted by Crippen LogP contribution is 2.05. The van der Waals surface area contributed by atoms with Gasteiger partial charge >= 0.3 is 0 Å². The molecule has 0 aromatic rings. The molecule has 0 amide bonds. The van der Waals surface area contributed by atoms with Crippen LogP contribution in [-0.2, 0) is 0 Å². The van der Waals surface area contributed by atoms with E-state index in [1.165, 1.54) is 0 Å². The molecule has 0 unspecified atom stereocenters. The Kier molecular flexibility index (Phi) is 8.05. The molecule has 0 nitrogen and oxygen atoms in total. The summed E-state index contributed by atoms with van der Waals surface area (Å²) < 4.78 is 0.127. The third-order valence-electron chi connectivity index (χ3n) is 0.143. The lowest BCUT2D eigenvalue weighted by Gasteiger charge is -1.75. The molecule has 0 aliphatic heterocycles. The zero-order valence-corrected chi connectivity index (χ0v) is 13.1. The van der Waals surface area contributed by atoms with Crippen molar-refractivity contribution in [1.82, 2.24) is 0 Å². The molecule has 0 rings (SSSR count). The topological polar surface area (TPSA) is 0 Å². The number of hydrogen-bond donors (Lipinski definition) is 0. The van der Waals surface area contributed by atoms with Crippen LogP contribution < -0.4 is 0 Å². The first kappa shape index (κ1) is 9.35. The number of halogens is 4. The van der Waals surface area contributed by atoms with Crippen molar-refractivity contribution in [2.24, 2.45) is 0 Å². The van der Waals surface area contributed by atoms with Crippen LogP contribution in [0.3, 0.4) is 0 Å². The van der Waals surface area contributed by atoms with E-state index in [9.17, 15) is 0 Å². The van der Waals surface area contributed by atoms with Crippen molar-refractivity contribution in [2.75, 3.05) is 0 Å². The first-order valence-electron chi connectivity index (χ1n) is 1.01. The monoisotopic (exact) mass is 564 g/mol. The van der Waals surface area contributed by atoms with Crippen molar-refractivity contribution in [3.8, 4) is 0 Å². The molecule has 0 heterocycles. The molecule has 0 atom stereocenters. The van der Waals surface area contributed by atoms with Crippen LogP contribution in [0.15, 0.2) is 0 Å². The summed E-state index contributed by atoms with van der Waals surface area (Å²) in [7, 11) is 0. The molecule has 0 fully saturated rings. The predicted octanol–water partition coefficient (Wildman–Crippen LogP) is 2.78. The quantitative estimate of drug-likeness (QED) is 0.242. The summed E-state index contributed by atoms with van der Waals surface area (Å²) >= 11 is 10.2. The van der Waals surface area contributed by atoms with Crippen LogP contribution in [0, 0.1) is 0 Å². The second kappa shape index (κ2) is 5.16. The number of rotatable bonds is 0. The van der Waals surface area contributed by atoms with Crippen LogP contribution in [0.25, 0.3) is 0 Å². The van der Waals surface area contributed by atoms with E-state index in [1.807, 2.05) is 0 Å². The molecule has 0 radical (unpaired) electrons. The highest BCUT2D eigenvalue weighted by atomic mass is 127. The Bertz CT molecular complexity index is 55.6. The standard InChI is InChI=1S/I4Si2/c1-5(2)6(3)4. The fraction of sp³-hybridized carbons (Fsp3) is 0. The van der Waals surface area contributed by atoms with Gasteiger partial charge in [-0.15, -0.1) is 0 Å². The van der Waals surface area contributed by atoms with Gasteiger partial charge in [-0.05, 0) is 0 Å². The summed E-state index contributed by atoms with van der Waals surface area (Å²) in [6, 6.07) is 0. The van der Waals surface area contributed by atoms with Gasteiger partial charge in [0.05, 0.1) is 0 Å². The highest BCUT2D eigenvalue weighted by molar-refractivity contribution is 14.3. The minimum absolute atomic E-state index is 0.0635. The summed E-state index contributed by atoms with van der Waals surface area (Å²) in [4.78, 5) is 0. The van der Waals surface area contributed by atoms with E-state index in [4.69, 9.17) is 0 Å². The van der Waals surface area contributed by atoms with Crippen LogP contribution in [0.2, 0.25) is 0 Å². The van der Waals surface area contributed by atoms with Gasteiger partial charge in [-0.2, -0.15) is 0 Å². The van der Waals surface area contributed by atoms with Gasteiger partial charge in [0.2, 0.25) is 0 Å². The van der Waals surface area contributed by atoms with E-state index in [0.29, 0.717) is 0 Å². The van der Waals surface area contributed by atoms with E-state index < -0.39 is 0 Å². The van der Waals surface area contributed by atoms with Crippen molar-refractivity contribution in [3.05, 3.63) is 0 Å². The molecule has 6 heteroatoms. The van der Waals surface area contributed by atoms with Crippen LogP contribution in [0.1, 0.15) is 0 Å². The fourth-order valence-corrected chi connectivity index (χ4v) is 0. The molecule has 6 heavy (non-hydrogen) atoms. The summed E-state index contributed by atoms with van der Waals surface area (Å²) in [5.41, 5.74) is 0. The van der Waals surface area contributed by atoms with E-state index in [-0.39, 0.29) is 5.77 Å². The molecule has 0 saturated heterocycles. The van der Waals surface area contributed by atoms with Crippen LogP contribution in [0.5, 0.6) is 0 Å². The van der Waals surface area contributed by atoms with Gasteiger partial charge < -0.3 is 0 Å². The Labute approximate surface area is 90.6 Å². The molecule has 0 saturated carbocycles. The Morgan fingerprint density at radius 1 is 0.667 bits per heavy atom. The van der Waals surface area contributed by atoms with Gasteiger partial charge in [0.1, 0.15) is 0 Å². The molecule has 0 aliphatic rings. The van der Waals surface area contributed by atoms with Crippen molar-refractivity contribution in [3.63, 3.8) is 0 Å². The van der Waals surface area contributed by atoms with Gasteiger partial charge in [0.25, 0.3) is 0 Å².